The Morgan fingerprint density at radius 1 is 0.921 bits per heavy atom. The number of pyridine rings is 1. The van der Waals surface area contributed by atoms with Crippen molar-refractivity contribution in [1.29, 1.82) is 0 Å². The van der Waals surface area contributed by atoms with E-state index in [-0.39, 0.29) is 28.6 Å². The van der Waals surface area contributed by atoms with Crippen molar-refractivity contribution < 1.29 is 28.2 Å². The molecule has 1 atom stereocenters. The molecular formula is C29H26FN3O5. The molecule has 1 unspecified atom stereocenters. The van der Waals surface area contributed by atoms with Gasteiger partial charge in [0.2, 0.25) is 0 Å². The van der Waals surface area contributed by atoms with Crippen LogP contribution in [0.1, 0.15) is 39.2 Å². The Hall–Kier alpha value is -4.76. The van der Waals surface area contributed by atoms with Gasteiger partial charge in [0.25, 0.3) is 5.91 Å². The molecule has 0 spiro atoms. The number of esters is 1. The molecular weight excluding hydrogens is 489 g/mol. The van der Waals surface area contributed by atoms with Crippen molar-refractivity contribution in [3.8, 4) is 28.4 Å². The summed E-state index contributed by atoms with van der Waals surface area (Å²) >= 11 is 0. The summed E-state index contributed by atoms with van der Waals surface area (Å²) in [5.41, 5.74) is 8.86. The van der Waals surface area contributed by atoms with E-state index in [0.717, 1.165) is 11.8 Å². The highest BCUT2D eigenvalue weighted by atomic mass is 19.1. The monoisotopic (exact) mass is 515 g/mol. The Labute approximate surface area is 219 Å². The van der Waals surface area contributed by atoms with Crippen LogP contribution in [0.5, 0.6) is 17.2 Å². The van der Waals surface area contributed by atoms with Gasteiger partial charge in [0, 0.05) is 36.0 Å². The average molecular weight is 516 g/mol. The topological polar surface area (TPSA) is 113 Å². The standard InChI is InChI=1S/C29H26FN3O5/c1-17(31)24-8-7-19(28(34)33-27-9-10-32-16-26(27)30)12-25(24)18-5-4-6-20(11-18)29(35)38-23-14-21(36-2)13-22(15-23)37-3/h4-17H,31H2,1-3H3,(H,32,33,34). The van der Waals surface area contributed by atoms with Crippen LogP contribution in [0.3, 0.4) is 0 Å². The smallest absolute Gasteiger partial charge is 0.343 e. The number of halogens is 1. The number of nitrogens with two attached hydrogens (primary N) is 1. The maximum Gasteiger partial charge on any atom is 0.343 e. The quantitative estimate of drug-likeness (QED) is 0.239. The van der Waals surface area contributed by atoms with Gasteiger partial charge in [-0.15, -0.1) is 0 Å². The minimum absolute atomic E-state index is 0.0155. The molecule has 1 aromatic heterocycles. The number of hydrogen-bond donors (Lipinski definition) is 2. The molecule has 4 rings (SSSR count). The largest absolute Gasteiger partial charge is 0.496 e. The molecule has 0 aliphatic rings. The van der Waals surface area contributed by atoms with Crippen LogP contribution in [-0.4, -0.2) is 31.1 Å². The van der Waals surface area contributed by atoms with Gasteiger partial charge >= 0.3 is 5.97 Å². The number of carbonyl (C=O) groups excluding carboxylic acids is 2. The van der Waals surface area contributed by atoms with Gasteiger partial charge in [-0.3, -0.25) is 9.78 Å². The molecule has 1 amide bonds. The van der Waals surface area contributed by atoms with E-state index in [9.17, 15) is 14.0 Å². The molecule has 0 radical (unpaired) electrons. The summed E-state index contributed by atoms with van der Waals surface area (Å²) in [7, 11) is 3.00. The number of hydrogen-bond acceptors (Lipinski definition) is 7. The number of nitrogens with zero attached hydrogens (tertiary/aromatic N) is 1. The molecule has 0 saturated heterocycles. The Morgan fingerprint density at radius 2 is 1.63 bits per heavy atom. The highest BCUT2D eigenvalue weighted by molar-refractivity contribution is 6.05. The number of ether oxygens (including phenoxy) is 3. The zero-order valence-corrected chi connectivity index (χ0v) is 21.0. The number of nitrogens with one attached hydrogen (secondary N) is 1. The fourth-order valence-corrected chi connectivity index (χ4v) is 3.84. The third kappa shape index (κ3) is 5.96. The molecule has 8 nitrogen and oxygen atoms in total. The average Bonchev–Trinajstić information content (AvgIpc) is 2.93. The molecule has 38 heavy (non-hydrogen) atoms. The lowest BCUT2D eigenvalue weighted by Gasteiger charge is -2.16. The second-order valence-electron chi connectivity index (χ2n) is 8.42. The van der Waals surface area contributed by atoms with E-state index in [1.807, 2.05) is 6.92 Å². The van der Waals surface area contributed by atoms with Gasteiger partial charge in [0.1, 0.15) is 17.2 Å². The molecule has 0 fully saturated rings. The first-order valence-corrected chi connectivity index (χ1v) is 11.6. The minimum atomic E-state index is -0.645. The molecule has 0 saturated carbocycles. The van der Waals surface area contributed by atoms with Crippen molar-refractivity contribution in [3.05, 3.63) is 102 Å². The first kappa shape index (κ1) is 26.3. The summed E-state index contributed by atoms with van der Waals surface area (Å²) in [6.07, 6.45) is 2.40. The molecule has 0 aliphatic heterocycles. The lowest BCUT2D eigenvalue weighted by molar-refractivity contribution is 0.0734. The molecule has 0 aliphatic carbocycles. The maximum absolute atomic E-state index is 14.0. The Bertz CT molecular complexity index is 1470. The fourth-order valence-electron chi connectivity index (χ4n) is 3.84. The molecule has 0 bridgehead atoms. The normalized spacial score (nSPS) is 11.4. The third-order valence-corrected chi connectivity index (χ3v) is 5.77. The van der Waals surface area contributed by atoms with E-state index in [2.05, 4.69) is 10.3 Å². The predicted molar refractivity (Wildman–Crippen MR) is 141 cm³/mol. The van der Waals surface area contributed by atoms with E-state index >= 15 is 0 Å². The Morgan fingerprint density at radius 3 is 2.29 bits per heavy atom. The lowest BCUT2D eigenvalue weighted by atomic mass is 9.92. The van der Waals surface area contributed by atoms with Gasteiger partial charge in [0.05, 0.1) is 31.7 Å². The molecule has 4 aromatic rings. The molecule has 1 heterocycles. The first-order valence-electron chi connectivity index (χ1n) is 11.6. The number of rotatable bonds is 8. The van der Waals surface area contributed by atoms with E-state index in [0.29, 0.717) is 22.6 Å². The fraction of sp³-hybridized carbons (Fsp3) is 0.138. The van der Waals surface area contributed by atoms with Crippen LogP contribution in [0.15, 0.2) is 79.1 Å². The minimum Gasteiger partial charge on any atom is -0.496 e. The third-order valence-electron chi connectivity index (χ3n) is 5.77. The zero-order valence-electron chi connectivity index (χ0n) is 21.0. The van der Waals surface area contributed by atoms with Gasteiger partial charge in [-0.25, -0.2) is 9.18 Å². The van der Waals surface area contributed by atoms with Crippen molar-refractivity contribution in [2.75, 3.05) is 19.5 Å². The van der Waals surface area contributed by atoms with Crippen molar-refractivity contribution in [1.82, 2.24) is 4.98 Å². The summed E-state index contributed by atoms with van der Waals surface area (Å²) in [6.45, 7) is 1.82. The van der Waals surface area contributed by atoms with Gasteiger partial charge in [-0.1, -0.05) is 18.2 Å². The summed E-state index contributed by atoms with van der Waals surface area (Å²) in [6, 6.07) is 17.6. The summed E-state index contributed by atoms with van der Waals surface area (Å²) in [5.74, 6) is -0.530. The van der Waals surface area contributed by atoms with E-state index in [4.69, 9.17) is 19.9 Å². The van der Waals surface area contributed by atoms with Crippen LogP contribution in [-0.2, 0) is 0 Å². The van der Waals surface area contributed by atoms with E-state index in [1.165, 1.54) is 26.5 Å². The maximum atomic E-state index is 14.0. The number of carbonyl (C=O) groups is 2. The molecule has 9 heteroatoms. The SMILES string of the molecule is COc1cc(OC)cc(OC(=O)c2cccc(-c3cc(C(=O)Nc4ccncc4F)ccc3C(C)N)c2)c1. The van der Waals surface area contributed by atoms with Crippen molar-refractivity contribution in [2.45, 2.75) is 13.0 Å². The Kier molecular flexibility index (Phi) is 7.98. The van der Waals surface area contributed by atoms with Gasteiger partial charge in [0.15, 0.2) is 5.82 Å². The van der Waals surface area contributed by atoms with Gasteiger partial charge in [-0.2, -0.15) is 0 Å². The lowest BCUT2D eigenvalue weighted by Crippen LogP contribution is -2.14. The van der Waals surface area contributed by atoms with Crippen LogP contribution in [0.25, 0.3) is 11.1 Å². The number of amides is 1. The van der Waals surface area contributed by atoms with Crippen molar-refractivity contribution in [2.24, 2.45) is 5.73 Å². The van der Waals surface area contributed by atoms with Crippen LogP contribution in [0, 0.1) is 5.82 Å². The first-order chi connectivity index (χ1) is 18.3. The number of aromatic nitrogens is 1. The highest BCUT2D eigenvalue weighted by Crippen LogP contribution is 2.31. The van der Waals surface area contributed by atoms with Crippen LogP contribution in [0.2, 0.25) is 0 Å². The summed E-state index contributed by atoms with van der Waals surface area (Å²) in [5, 5.41) is 2.55. The molecule has 3 aromatic carbocycles. The molecule has 3 N–H and O–H groups in total. The number of methoxy groups -OCH3 is 2. The summed E-state index contributed by atoms with van der Waals surface area (Å²) < 4.78 is 30.0. The van der Waals surface area contributed by atoms with E-state index in [1.54, 1.807) is 60.7 Å². The second kappa shape index (κ2) is 11.5. The van der Waals surface area contributed by atoms with Gasteiger partial charge < -0.3 is 25.3 Å². The highest BCUT2D eigenvalue weighted by Gasteiger charge is 2.17. The zero-order chi connectivity index (χ0) is 27.2. The van der Waals surface area contributed by atoms with Gasteiger partial charge in [-0.05, 0) is 53.9 Å². The second-order valence-corrected chi connectivity index (χ2v) is 8.42. The van der Waals surface area contributed by atoms with E-state index < -0.39 is 17.7 Å². The van der Waals surface area contributed by atoms with Crippen molar-refractivity contribution >= 4 is 17.6 Å². The van der Waals surface area contributed by atoms with Crippen LogP contribution in [0.4, 0.5) is 10.1 Å². The van der Waals surface area contributed by atoms with Crippen molar-refractivity contribution in [3.63, 3.8) is 0 Å². The molecule has 194 valence electrons. The predicted octanol–water partition coefficient (Wildman–Crippen LogP) is 5.40. The number of benzene rings is 3. The number of anilines is 1. The Balaban J connectivity index is 1.65. The van der Waals surface area contributed by atoms with Crippen LogP contribution < -0.4 is 25.3 Å². The summed E-state index contributed by atoms with van der Waals surface area (Å²) in [4.78, 5) is 29.6. The van der Waals surface area contributed by atoms with Crippen LogP contribution >= 0.6 is 0 Å².